The summed E-state index contributed by atoms with van der Waals surface area (Å²) in [6.07, 6.45) is 14.7. The topological polar surface area (TPSA) is 12.0 Å². The zero-order valence-electron chi connectivity index (χ0n) is 18.3. The summed E-state index contributed by atoms with van der Waals surface area (Å²) in [5.74, 6) is 0.725. The fraction of sp³-hybridized carbons (Fsp3) is 0.500. The second kappa shape index (κ2) is 9.76. The second-order valence-corrected chi connectivity index (χ2v) is 9.36. The predicted octanol–water partition coefficient (Wildman–Crippen LogP) is 7.50. The third kappa shape index (κ3) is 5.39. The summed E-state index contributed by atoms with van der Waals surface area (Å²) in [7, 11) is 0. The lowest BCUT2D eigenvalue weighted by Gasteiger charge is -2.34. The van der Waals surface area contributed by atoms with Crippen LogP contribution in [0.15, 0.2) is 48.5 Å². The quantitative estimate of drug-likeness (QED) is 0.524. The Kier molecular flexibility index (Phi) is 6.87. The molecule has 2 aromatic rings. The maximum absolute atomic E-state index is 3.99. The minimum atomic E-state index is 0.725. The van der Waals surface area contributed by atoms with E-state index in [4.69, 9.17) is 0 Å². The number of nitrogens with one attached hydrogen (secondary N) is 1. The monoisotopic (exact) mass is 387 g/mol. The molecule has 0 heterocycles. The molecule has 2 aliphatic carbocycles. The van der Waals surface area contributed by atoms with E-state index in [1.807, 2.05) is 0 Å². The number of hydrogen-bond donors (Lipinski definition) is 1. The Morgan fingerprint density at radius 3 is 2.24 bits per heavy atom. The summed E-state index contributed by atoms with van der Waals surface area (Å²) in [6.45, 7) is 4.50. The van der Waals surface area contributed by atoms with E-state index >= 15 is 0 Å². The molecule has 1 heteroatoms. The average Bonchev–Trinajstić information content (AvgIpc) is 2.76. The first-order valence-corrected chi connectivity index (χ1v) is 11.8. The number of aryl methyl sites for hydroxylation is 1. The number of benzene rings is 2. The molecule has 1 N–H and O–H groups in total. The van der Waals surface area contributed by atoms with Gasteiger partial charge in [-0.05, 0) is 86.1 Å². The van der Waals surface area contributed by atoms with Gasteiger partial charge in [-0.15, -0.1) is 0 Å². The number of hydrogen-bond acceptors (Lipinski definition) is 1. The van der Waals surface area contributed by atoms with Crippen molar-refractivity contribution in [2.45, 2.75) is 89.6 Å². The van der Waals surface area contributed by atoms with Crippen LogP contribution in [0.3, 0.4) is 0 Å². The molecule has 0 radical (unpaired) electrons. The maximum Gasteiger partial charge on any atom is 0.00700 e. The summed E-state index contributed by atoms with van der Waals surface area (Å²) >= 11 is 0. The van der Waals surface area contributed by atoms with E-state index in [-0.39, 0.29) is 0 Å². The van der Waals surface area contributed by atoms with Crippen molar-refractivity contribution in [2.75, 3.05) is 0 Å². The van der Waals surface area contributed by atoms with E-state index in [1.165, 1.54) is 80.1 Å². The van der Waals surface area contributed by atoms with Crippen LogP contribution in [-0.2, 0) is 0 Å². The summed E-state index contributed by atoms with van der Waals surface area (Å²) in [4.78, 5) is 0. The molecule has 1 nitrogen and oxygen atoms in total. The zero-order valence-corrected chi connectivity index (χ0v) is 18.3. The van der Waals surface area contributed by atoms with Gasteiger partial charge in [0.2, 0.25) is 0 Å². The Bertz CT molecular complexity index is 805. The van der Waals surface area contributed by atoms with Crippen molar-refractivity contribution >= 4 is 11.6 Å². The average molecular weight is 388 g/mol. The van der Waals surface area contributed by atoms with Gasteiger partial charge in [0.1, 0.15) is 0 Å². The molecule has 2 aliphatic rings. The van der Waals surface area contributed by atoms with Gasteiger partial charge in [0.25, 0.3) is 0 Å². The smallest absolute Gasteiger partial charge is 0.00700 e. The minimum Gasteiger partial charge on any atom is -0.311 e. The molecule has 154 valence electrons. The van der Waals surface area contributed by atoms with Crippen molar-refractivity contribution < 1.29 is 0 Å². The van der Waals surface area contributed by atoms with Crippen molar-refractivity contribution in [3.05, 3.63) is 70.8 Å². The predicted molar refractivity (Wildman–Crippen MR) is 126 cm³/mol. The Morgan fingerprint density at radius 2 is 1.52 bits per heavy atom. The van der Waals surface area contributed by atoms with E-state index in [0.29, 0.717) is 0 Å². The molecule has 0 aliphatic heterocycles. The van der Waals surface area contributed by atoms with Crippen LogP contribution in [0, 0.1) is 6.92 Å². The molecule has 29 heavy (non-hydrogen) atoms. The van der Waals surface area contributed by atoms with E-state index in [2.05, 4.69) is 73.8 Å². The third-order valence-corrected chi connectivity index (χ3v) is 7.14. The van der Waals surface area contributed by atoms with Gasteiger partial charge < -0.3 is 5.32 Å². The highest BCUT2D eigenvalue weighted by molar-refractivity contribution is 5.81. The molecule has 2 saturated carbocycles. The summed E-state index contributed by atoms with van der Waals surface area (Å²) in [5.41, 5.74) is 6.98. The standard InChI is InChI=1S/C28H37N/c1-21-13-14-25(20-28(21)22(2)19-23-9-5-3-6-10-23)24-15-17-27(18-16-24)29-26-11-7-4-8-12-26/h3,5-6,9-10,13-14,19-20,24,26-27,29H,4,7-8,11-12,15-18H2,1-2H3/b22-19+. The van der Waals surface area contributed by atoms with Gasteiger partial charge in [-0.3, -0.25) is 0 Å². The lowest BCUT2D eigenvalue weighted by Crippen LogP contribution is -2.41. The summed E-state index contributed by atoms with van der Waals surface area (Å²) < 4.78 is 0. The highest BCUT2D eigenvalue weighted by Gasteiger charge is 2.25. The van der Waals surface area contributed by atoms with Crippen molar-refractivity contribution in [3.63, 3.8) is 0 Å². The normalized spacial score (nSPS) is 23.9. The SMILES string of the molecule is C/C(=C\c1ccccc1)c1cc(C2CCC(NC3CCCCC3)CC2)ccc1C. The Morgan fingerprint density at radius 1 is 0.828 bits per heavy atom. The van der Waals surface area contributed by atoms with Crippen LogP contribution in [-0.4, -0.2) is 12.1 Å². The van der Waals surface area contributed by atoms with Crippen molar-refractivity contribution in [1.29, 1.82) is 0 Å². The molecule has 0 spiro atoms. The summed E-state index contributed by atoms with van der Waals surface area (Å²) in [5, 5.41) is 3.99. The first-order valence-electron chi connectivity index (χ1n) is 11.8. The van der Waals surface area contributed by atoms with Crippen LogP contribution in [0.25, 0.3) is 11.6 Å². The van der Waals surface area contributed by atoms with Crippen molar-refractivity contribution in [3.8, 4) is 0 Å². The molecule has 2 fully saturated rings. The molecule has 0 amide bonds. The van der Waals surface area contributed by atoms with Crippen LogP contribution in [0.2, 0.25) is 0 Å². The van der Waals surface area contributed by atoms with Gasteiger partial charge in [0.05, 0.1) is 0 Å². The molecule has 0 atom stereocenters. The zero-order chi connectivity index (χ0) is 20.1. The van der Waals surface area contributed by atoms with Gasteiger partial charge >= 0.3 is 0 Å². The van der Waals surface area contributed by atoms with Crippen LogP contribution in [0.1, 0.15) is 92.9 Å². The van der Waals surface area contributed by atoms with E-state index in [1.54, 1.807) is 5.56 Å². The van der Waals surface area contributed by atoms with E-state index < -0.39 is 0 Å². The van der Waals surface area contributed by atoms with Crippen LogP contribution in [0.4, 0.5) is 0 Å². The molecule has 0 bridgehead atoms. The van der Waals surface area contributed by atoms with E-state index in [0.717, 1.165) is 18.0 Å². The largest absolute Gasteiger partial charge is 0.311 e. The molecular formula is C28H37N. The molecule has 0 unspecified atom stereocenters. The third-order valence-electron chi connectivity index (χ3n) is 7.14. The Hall–Kier alpha value is -1.86. The number of rotatable bonds is 5. The molecular weight excluding hydrogens is 350 g/mol. The molecule has 0 aromatic heterocycles. The van der Waals surface area contributed by atoms with E-state index in [9.17, 15) is 0 Å². The molecule has 0 saturated heterocycles. The van der Waals surface area contributed by atoms with Gasteiger partial charge in [-0.2, -0.15) is 0 Å². The van der Waals surface area contributed by atoms with Crippen LogP contribution in [0.5, 0.6) is 0 Å². The molecule has 2 aromatic carbocycles. The van der Waals surface area contributed by atoms with Gasteiger partial charge in [0, 0.05) is 12.1 Å². The Labute approximate surface area is 177 Å². The first kappa shape index (κ1) is 20.4. The molecule has 4 rings (SSSR count). The summed E-state index contributed by atoms with van der Waals surface area (Å²) in [6, 6.07) is 19.4. The maximum atomic E-state index is 3.99. The van der Waals surface area contributed by atoms with Gasteiger partial charge in [0.15, 0.2) is 0 Å². The highest BCUT2D eigenvalue weighted by Crippen LogP contribution is 2.35. The van der Waals surface area contributed by atoms with Gasteiger partial charge in [-0.25, -0.2) is 0 Å². The van der Waals surface area contributed by atoms with Crippen LogP contribution >= 0.6 is 0 Å². The minimum absolute atomic E-state index is 0.725. The Balaban J connectivity index is 1.41. The highest BCUT2D eigenvalue weighted by atomic mass is 15.0. The second-order valence-electron chi connectivity index (χ2n) is 9.36. The van der Waals surface area contributed by atoms with Crippen LogP contribution < -0.4 is 5.32 Å². The van der Waals surface area contributed by atoms with Crippen molar-refractivity contribution in [1.82, 2.24) is 5.32 Å². The van der Waals surface area contributed by atoms with Crippen molar-refractivity contribution in [2.24, 2.45) is 0 Å². The van der Waals surface area contributed by atoms with Gasteiger partial charge in [-0.1, -0.05) is 73.9 Å². The lowest BCUT2D eigenvalue weighted by molar-refractivity contribution is 0.278. The number of allylic oxidation sites excluding steroid dienone is 1. The fourth-order valence-electron chi connectivity index (χ4n) is 5.39. The fourth-order valence-corrected chi connectivity index (χ4v) is 5.39. The first-order chi connectivity index (χ1) is 14.2. The lowest BCUT2D eigenvalue weighted by atomic mass is 9.80.